The van der Waals surface area contributed by atoms with Gasteiger partial charge in [-0.15, -0.1) is 0 Å². The van der Waals surface area contributed by atoms with Crippen molar-refractivity contribution < 1.29 is 14.0 Å². The van der Waals surface area contributed by atoms with E-state index in [-0.39, 0.29) is 23.6 Å². The highest BCUT2D eigenvalue weighted by Gasteiger charge is 2.29. The zero-order valence-corrected chi connectivity index (χ0v) is 17.7. The first-order valence-electron chi connectivity index (χ1n) is 10.8. The lowest BCUT2D eigenvalue weighted by molar-refractivity contribution is -0.117. The quantitative estimate of drug-likeness (QED) is 0.551. The van der Waals surface area contributed by atoms with Crippen molar-refractivity contribution in [3.63, 3.8) is 0 Å². The van der Waals surface area contributed by atoms with Crippen molar-refractivity contribution >= 4 is 28.8 Å². The molecule has 1 aromatic carbocycles. The van der Waals surface area contributed by atoms with E-state index in [0.29, 0.717) is 23.2 Å². The van der Waals surface area contributed by atoms with Crippen molar-refractivity contribution in [1.82, 2.24) is 9.97 Å². The van der Waals surface area contributed by atoms with Gasteiger partial charge >= 0.3 is 0 Å². The van der Waals surface area contributed by atoms with Crippen LogP contribution in [0.4, 0.5) is 15.8 Å². The van der Waals surface area contributed by atoms with Crippen molar-refractivity contribution in [2.75, 3.05) is 10.6 Å². The molecule has 2 aliphatic carbocycles. The van der Waals surface area contributed by atoms with E-state index in [4.69, 9.17) is 5.73 Å². The van der Waals surface area contributed by atoms with Gasteiger partial charge in [-0.2, -0.15) is 0 Å². The minimum absolute atomic E-state index is 0.00916. The first kappa shape index (κ1) is 21.0. The predicted molar refractivity (Wildman–Crippen MR) is 123 cm³/mol. The lowest BCUT2D eigenvalue weighted by Crippen LogP contribution is -2.21. The summed E-state index contributed by atoms with van der Waals surface area (Å²) in [5.41, 5.74) is 10.5. The van der Waals surface area contributed by atoms with E-state index in [1.165, 1.54) is 18.5 Å². The Balaban J connectivity index is 1.45. The van der Waals surface area contributed by atoms with E-state index in [2.05, 4.69) is 20.6 Å². The third-order valence-electron chi connectivity index (χ3n) is 5.87. The molecule has 0 bridgehead atoms. The summed E-state index contributed by atoms with van der Waals surface area (Å²) in [6.45, 7) is 0. The van der Waals surface area contributed by atoms with Gasteiger partial charge in [-0.1, -0.05) is 18.2 Å². The number of aromatic nitrogens is 2. The van der Waals surface area contributed by atoms with Crippen molar-refractivity contribution in [2.45, 2.75) is 25.3 Å². The highest BCUT2D eigenvalue weighted by Crippen LogP contribution is 2.36. The summed E-state index contributed by atoms with van der Waals surface area (Å²) in [6.07, 6.45) is 10.0. The van der Waals surface area contributed by atoms with Crippen LogP contribution in [0.1, 0.15) is 36.4 Å². The Kier molecular flexibility index (Phi) is 5.43. The predicted octanol–water partition coefficient (Wildman–Crippen LogP) is 4.06. The van der Waals surface area contributed by atoms with Gasteiger partial charge in [-0.05, 0) is 54.2 Å². The Morgan fingerprint density at radius 2 is 1.85 bits per heavy atom. The van der Waals surface area contributed by atoms with E-state index in [1.54, 1.807) is 18.5 Å². The third-order valence-corrected chi connectivity index (χ3v) is 5.87. The average molecular weight is 443 g/mol. The maximum absolute atomic E-state index is 14.0. The maximum Gasteiger partial charge on any atom is 0.256 e. The minimum atomic E-state index is -0.559. The molecule has 33 heavy (non-hydrogen) atoms. The summed E-state index contributed by atoms with van der Waals surface area (Å²) < 4.78 is 14.0. The summed E-state index contributed by atoms with van der Waals surface area (Å²) in [4.78, 5) is 33.2. The number of benzene rings is 1. The topological polar surface area (TPSA) is 110 Å². The molecule has 1 atom stereocenters. The average Bonchev–Trinajstić information content (AvgIpc) is 3.66. The van der Waals surface area contributed by atoms with E-state index in [0.717, 1.165) is 29.5 Å². The molecule has 8 heteroatoms. The van der Waals surface area contributed by atoms with Gasteiger partial charge < -0.3 is 16.4 Å². The number of anilines is 2. The van der Waals surface area contributed by atoms with Crippen LogP contribution in [0.25, 0.3) is 16.7 Å². The number of nitrogens with two attached hydrogens (primary N) is 1. The number of hydrogen-bond acceptors (Lipinski definition) is 5. The fourth-order valence-corrected chi connectivity index (χ4v) is 3.90. The molecule has 1 saturated carbocycles. The number of fused-ring (bicyclic) bond motifs is 1. The van der Waals surface area contributed by atoms with Gasteiger partial charge in [-0.3, -0.25) is 19.6 Å². The molecule has 2 heterocycles. The molecule has 0 radical (unpaired) electrons. The molecule has 4 N–H and O–H groups in total. The van der Waals surface area contributed by atoms with Crippen molar-refractivity contribution in [3.05, 3.63) is 78.1 Å². The van der Waals surface area contributed by atoms with E-state index >= 15 is 0 Å². The molecule has 1 unspecified atom stereocenters. The Morgan fingerprint density at radius 3 is 2.64 bits per heavy atom. The Hall–Kier alpha value is -3.91. The van der Waals surface area contributed by atoms with E-state index < -0.39 is 11.7 Å². The van der Waals surface area contributed by atoms with Gasteiger partial charge in [0.05, 0.1) is 23.8 Å². The number of hydrogen-bond donors (Lipinski definition) is 3. The second-order valence-electron chi connectivity index (χ2n) is 8.30. The molecule has 3 aromatic rings. The number of nitrogens with one attached hydrogen (secondary N) is 2. The Bertz CT molecular complexity index is 1290. The molecular formula is C25H22FN5O2. The van der Waals surface area contributed by atoms with Crippen molar-refractivity contribution in [3.8, 4) is 11.1 Å². The molecule has 0 spiro atoms. The van der Waals surface area contributed by atoms with Crippen LogP contribution in [0.2, 0.25) is 0 Å². The largest absolute Gasteiger partial charge is 0.324 e. The fraction of sp³-hybridized carbons (Fsp3) is 0.200. The number of carbonyl (C=O) groups is 2. The SMILES string of the molecule is NC1CC=C(C(=O)Nc2cnccc2F)c2cc(-c3cncc(NC(=O)C4CC4)c3)ccc21. The van der Waals surface area contributed by atoms with Crippen LogP contribution in [-0.4, -0.2) is 21.8 Å². The lowest BCUT2D eigenvalue weighted by atomic mass is 9.85. The molecular weight excluding hydrogens is 421 g/mol. The summed E-state index contributed by atoms with van der Waals surface area (Å²) in [5, 5.41) is 5.50. The van der Waals surface area contributed by atoms with Gasteiger partial charge in [0.15, 0.2) is 0 Å². The fourth-order valence-electron chi connectivity index (χ4n) is 3.90. The van der Waals surface area contributed by atoms with Gasteiger partial charge in [0.1, 0.15) is 5.82 Å². The van der Waals surface area contributed by atoms with Crippen molar-refractivity contribution in [2.24, 2.45) is 11.7 Å². The van der Waals surface area contributed by atoms with Crippen LogP contribution in [-0.2, 0) is 9.59 Å². The summed E-state index contributed by atoms with van der Waals surface area (Å²) >= 11 is 0. The van der Waals surface area contributed by atoms with Crippen LogP contribution in [0.15, 0.2) is 61.2 Å². The standard InChI is InChI=1S/C25H22FN5O2/c26-21-7-8-28-13-23(21)31-25(33)19-5-6-22(27)18-4-3-15(10-20(18)19)16-9-17(12-29-11-16)30-24(32)14-1-2-14/h3-5,7-14,22H,1-2,6,27H2,(H,30,32)(H,31,33). The summed E-state index contributed by atoms with van der Waals surface area (Å²) in [5.74, 6) is -0.892. The van der Waals surface area contributed by atoms with Gasteiger partial charge in [-0.25, -0.2) is 4.39 Å². The zero-order chi connectivity index (χ0) is 22.9. The maximum atomic E-state index is 14.0. The zero-order valence-electron chi connectivity index (χ0n) is 17.7. The van der Waals surface area contributed by atoms with E-state index in [9.17, 15) is 14.0 Å². The van der Waals surface area contributed by atoms with Crippen LogP contribution in [0.5, 0.6) is 0 Å². The molecule has 2 aromatic heterocycles. The summed E-state index contributed by atoms with van der Waals surface area (Å²) in [7, 11) is 0. The smallest absolute Gasteiger partial charge is 0.256 e. The molecule has 5 rings (SSSR count). The van der Waals surface area contributed by atoms with Crippen molar-refractivity contribution in [1.29, 1.82) is 0 Å². The Labute approximate surface area is 189 Å². The molecule has 0 aliphatic heterocycles. The molecule has 1 fully saturated rings. The lowest BCUT2D eigenvalue weighted by Gasteiger charge is -2.23. The van der Waals surface area contributed by atoms with Gasteiger partial charge in [0.2, 0.25) is 5.91 Å². The number of amides is 2. The van der Waals surface area contributed by atoms with E-state index in [1.807, 2.05) is 24.3 Å². The number of carbonyl (C=O) groups excluding carboxylic acids is 2. The number of nitrogens with zero attached hydrogens (tertiary/aromatic N) is 2. The highest BCUT2D eigenvalue weighted by molar-refractivity contribution is 6.26. The molecule has 166 valence electrons. The van der Waals surface area contributed by atoms with Gasteiger partial charge in [0.25, 0.3) is 5.91 Å². The number of halogens is 1. The second kappa shape index (κ2) is 8.55. The Morgan fingerprint density at radius 1 is 1.00 bits per heavy atom. The first-order valence-corrected chi connectivity index (χ1v) is 10.8. The number of rotatable bonds is 5. The summed E-state index contributed by atoms with van der Waals surface area (Å²) in [6, 6.07) is 8.49. The van der Waals surface area contributed by atoms with Crippen LogP contribution >= 0.6 is 0 Å². The molecule has 0 saturated heterocycles. The molecule has 2 amide bonds. The molecule has 2 aliphatic rings. The minimum Gasteiger partial charge on any atom is -0.324 e. The number of pyridine rings is 2. The van der Waals surface area contributed by atoms with Gasteiger partial charge in [0, 0.05) is 35.5 Å². The first-order chi connectivity index (χ1) is 16.0. The van der Waals surface area contributed by atoms with Crippen LogP contribution in [0, 0.1) is 11.7 Å². The second-order valence-corrected chi connectivity index (χ2v) is 8.30. The normalized spacial score (nSPS) is 17.0. The highest BCUT2D eigenvalue weighted by atomic mass is 19.1. The van der Waals surface area contributed by atoms with Crippen LogP contribution in [0.3, 0.4) is 0 Å². The monoisotopic (exact) mass is 443 g/mol. The molecule has 7 nitrogen and oxygen atoms in total. The third kappa shape index (κ3) is 4.38. The van der Waals surface area contributed by atoms with Crippen LogP contribution < -0.4 is 16.4 Å².